The highest BCUT2D eigenvalue weighted by atomic mass is 19.1. The van der Waals surface area contributed by atoms with E-state index in [1.54, 1.807) is 12.1 Å². The molecule has 3 aromatic rings. The number of benzene rings is 1. The number of pyridine rings is 1. The summed E-state index contributed by atoms with van der Waals surface area (Å²) in [5, 5.41) is 0. The van der Waals surface area contributed by atoms with Crippen molar-refractivity contribution in [2.45, 2.75) is 39.3 Å². The number of aromatic nitrogens is 3. The van der Waals surface area contributed by atoms with Gasteiger partial charge in [-0.05, 0) is 35.7 Å². The number of hydrogen-bond donors (Lipinski definition) is 0. The fourth-order valence-corrected chi connectivity index (χ4v) is 3.53. The highest BCUT2D eigenvalue weighted by Gasteiger charge is 2.18. The first-order valence-electron chi connectivity index (χ1n) is 9.47. The Hall–Kier alpha value is -2.66. The van der Waals surface area contributed by atoms with Crippen LogP contribution in [0.25, 0.3) is 11.1 Å². The first-order valence-corrected chi connectivity index (χ1v) is 9.47. The van der Waals surface area contributed by atoms with Crippen LogP contribution >= 0.6 is 0 Å². The minimum atomic E-state index is -0.223. The van der Waals surface area contributed by atoms with Gasteiger partial charge in [-0.1, -0.05) is 19.1 Å². The quantitative estimate of drug-likeness (QED) is 0.683. The number of aryl methyl sites for hydroxylation is 1. The Kier molecular flexibility index (Phi) is 5.21. The zero-order valence-corrected chi connectivity index (χ0v) is 15.5. The second kappa shape index (κ2) is 7.92. The van der Waals surface area contributed by atoms with Gasteiger partial charge in [0.25, 0.3) is 0 Å². The monoisotopic (exact) mass is 362 g/mol. The van der Waals surface area contributed by atoms with Crippen LogP contribution < -0.4 is 0 Å². The van der Waals surface area contributed by atoms with E-state index in [1.165, 1.54) is 23.4 Å². The first-order chi connectivity index (χ1) is 13.2. The molecular weight excluding hydrogens is 339 g/mol. The van der Waals surface area contributed by atoms with Gasteiger partial charge in [0, 0.05) is 67.9 Å². The molecule has 2 aromatic heterocycles. The molecule has 4 rings (SSSR count). The molecule has 0 N–H and O–H groups in total. The van der Waals surface area contributed by atoms with Gasteiger partial charge in [-0.2, -0.15) is 0 Å². The molecule has 0 spiro atoms. The van der Waals surface area contributed by atoms with Crippen molar-refractivity contribution in [3.63, 3.8) is 0 Å². The van der Waals surface area contributed by atoms with Gasteiger partial charge in [0.2, 0.25) is 0 Å². The maximum Gasteiger partial charge on any atom is 0.128 e. The Bertz CT molecular complexity index is 924. The van der Waals surface area contributed by atoms with Gasteiger partial charge in [0.1, 0.15) is 11.6 Å². The first kappa shape index (κ1) is 17.7. The van der Waals surface area contributed by atoms with Crippen LogP contribution in [0, 0.1) is 5.82 Å². The third-order valence-corrected chi connectivity index (χ3v) is 4.92. The maximum absolute atomic E-state index is 13.1. The Labute approximate surface area is 159 Å². The minimum absolute atomic E-state index is 0.223. The predicted molar refractivity (Wildman–Crippen MR) is 103 cm³/mol. The highest BCUT2D eigenvalue weighted by Crippen LogP contribution is 2.22. The summed E-state index contributed by atoms with van der Waals surface area (Å²) < 4.78 is 13.1. The predicted octanol–water partition coefficient (Wildman–Crippen LogP) is 4.19. The van der Waals surface area contributed by atoms with Crippen molar-refractivity contribution in [3.8, 4) is 11.1 Å². The molecule has 5 heteroatoms. The van der Waals surface area contributed by atoms with Crippen molar-refractivity contribution in [2.24, 2.45) is 0 Å². The third-order valence-electron chi connectivity index (χ3n) is 4.92. The molecule has 0 saturated heterocycles. The molecule has 0 atom stereocenters. The van der Waals surface area contributed by atoms with E-state index in [2.05, 4.69) is 27.9 Å². The zero-order valence-electron chi connectivity index (χ0n) is 15.5. The summed E-state index contributed by atoms with van der Waals surface area (Å²) in [6.45, 7) is 4.83. The lowest BCUT2D eigenvalue weighted by molar-refractivity contribution is 0.242. The lowest BCUT2D eigenvalue weighted by Crippen LogP contribution is -2.31. The van der Waals surface area contributed by atoms with Crippen LogP contribution in [0.3, 0.4) is 0 Å². The molecule has 0 radical (unpaired) electrons. The van der Waals surface area contributed by atoms with Gasteiger partial charge in [0.05, 0.1) is 0 Å². The van der Waals surface area contributed by atoms with E-state index < -0.39 is 0 Å². The van der Waals surface area contributed by atoms with Crippen LogP contribution in [-0.4, -0.2) is 26.4 Å². The molecule has 0 aliphatic carbocycles. The van der Waals surface area contributed by atoms with Crippen LogP contribution in [0.5, 0.6) is 0 Å². The standard InChI is InChI=1S/C22H23FN4/c1-2-3-22-25-13-19-15-27(9-8-21(19)26-22)14-16-10-18(12-24-11-16)17-4-6-20(23)7-5-17/h4-7,10-13H,2-3,8-9,14-15H2,1H3. The van der Waals surface area contributed by atoms with Gasteiger partial charge in [-0.15, -0.1) is 0 Å². The van der Waals surface area contributed by atoms with Crippen LogP contribution in [-0.2, 0) is 25.9 Å². The second-order valence-electron chi connectivity index (χ2n) is 7.06. The largest absolute Gasteiger partial charge is 0.294 e. The summed E-state index contributed by atoms with van der Waals surface area (Å²) in [5.74, 6) is 0.736. The van der Waals surface area contributed by atoms with Gasteiger partial charge >= 0.3 is 0 Å². The number of hydrogen-bond acceptors (Lipinski definition) is 4. The Balaban J connectivity index is 1.47. The summed E-state index contributed by atoms with van der Waals surface area (Å²) >= 11 is 0. The van der Waals surface area contributed by atoms with E-state index in [-0.39, 0.29) is 5.82 Å². The summed E-state index contributed by atoms with van der Waals surface area (Å²) in [6.07, 6.45) is 8.70. The molecule has 0 bridgehead atoms. The number of fused-ring (bicyclic) bond motifs is 1. The molecular formula is C22H23FN4. The van der Waals surface area contributed by atoms with Crippen molar-refractivity contribution < 1.29 is 4.39 Å². The summed E-state index contributed by atoms with van der Waals surface area (Å²) in [5.41, 5.74) is 5.57. The van der Waals surface area contributed by atoms with E-state index in [0.717, 1.165) is 61.4 Å². The van der Waals surface area contributed by atoms with Crippen molar-refractivity contribution >= 4 is 0 Å². The van der Waals surface area contributed by atoms with E-state index in [0.29, 0.717) is 0 Å². The molecule has 0 fully saturated rings. The van der Waals surface area contributed by atoms with Crippen molar-refractivity contribution in [1.29, 1.82) is 0 Å². The Morgan fingerprint density at radius 3 is 2.74 bits per heavy atom. The SMILES string of the molecule is CCCc1ncc2c(n1)CCN(Cc1cncc(-c3ccc(F)cc3)c1)C2. The van der Waals surface area contributed by atoms with Crippen LogP contribution in [0.15, 0.2) is 48.9 Å². The summed E-state index contributed by atoms with van der Waals surface area (Å²) in [6, 6.07) is 8.68. The summed E-state index contributed by atoms with van der Waals surface area (Å²) in [4.78, 5) is 16.0. The van der Waals surface area contributed by atoms with Crippen molar-refractivity contribution in [1.82, 2.24) is 19.9 Å². The molecule has 0 unspecified atom stereocenters. The molecule has 27 heavy (non-hydrogen) atoms. The third kappa shape index (κ3) is 4.19. The second-order valence-corrected chi connectivity index (χ2v) is 7.06. The molecule has 138 valence electrons. The Morgan fingerprint density at radius 1 is 1.07 bits per heavy atom. The number of halogens is 1. The van der Waals surface area contributed by atoms with Crippen LogP contribution in [0.4, 0.5) is 4.39 Å². The number of rotatable bonds is 5. The van der Waals surface area contributed by atoms with E-state index in [9.17, 15) is 4.39 Å². The maximum atomic E-state index is 13.1. The fourth-order valence-electron chi connectivity index (χ4n) is 3.53. The van der Waals surface area contributed by atoms with E-state index in [4.69, 9.17) is 4.98 Å². The molecule has 1 aliphatic heterocycles. The Morgan fingerprint density at radius 2 is 1.93 bits per heavy atom. The average Bonchev–Trinajstić information content (AvgIpc) is 2.69. The highest BCUT2D eigenvalue weighted by molar-refractivity contribution is 5.62. The molecule has 4 nitrogen and oxygen atoms in total. The van der Waals surface area contributed by atoms with Gasteiger partial charge in [0.15, 0.2) is 0 Å². The van der Waals surface area contributed by atoms with Gasteiger partial charge in [-0.3, -0.25) is 9.88 Å². The van der Waals surface area contributed by atoms with Crippen molar-refractivity contribution in [3.05, 3.63) is 77.4 Å². The van der Waals surface area contributed by atoms with E-state index in [1.807, 2.05) is 18.6 Å². The number of nitrogens with zero attached hydrogens (tertiary/aromatic N) is 4. The van der Waals surface area contributed by atoms with E-state index >= 15 is 0 Å². The van der Waals surface area contributed by atoms with Gasteiger partial charge < -0.3 is 0 Å². The lowest BCUT2D eigenvalue weighted by atomic mass is 10.0. The van der Waals surface area contributed by atoms with Crippen molar-refractivity contribution in [2.75, 3.05) is 6.54 Å². The molecule has 0 amide bonds. The molecule has 0 saturated carbocycles. The summed E-state index contributed by atoms with van der Waals surface area (Å²) in [7, 11) is 0. The lowest BCUT2D eigenvalue weighted by Gasteiger charge is -2.28. The molecule has 1 aliphatic rings. The van der Waals surface area contributed by atoms with Crippen LogP contribution in [0.2, 0.25) is 0 Å². The normalized spacial score (nSPS) is 14.1. The minimum Gasteiger partial charge on any atom is -0.294 e. The topological polar surface area (TPSA) is 41.9 Å². The molecule has 1 aromatic carbocycles. The van der Waals surface area contributed by atoms with Crippen LogP contribution in [0.1, 0.15) is 36.0 Å². The smallest absolute Gasteiger partial charge is 0.128 e. The zero-order chi connectivity index (χ0) is 18.6. The molecule has 3 heterocycles. The fraction of sp³-hybridized carbons (Fsp3) is 0.318. The average molecular weight is 362 g/mol. The van der Waals surface area contributed by atoms with Gasteiger partial charge in [-0.25, -0.2) is 14.4 Å².